The zero-order valence-electron chi connectivity index (χ0n) is 10.8. The molecule has 1 aliphatic rings. The van der Waals surface area contributed by atoms with Crippen LogP contribution < -0.4 is 5.73 Å². The highest BCUT2D eigenvalue weighted by molar-refractivity contribution is 5.75. The Kier molecular flexibility index (Phi) is 5.92. The Hall–Kier alpha value is -0.610. The summed E-state index contributed by atoms with van der Waals surface area (Å²) >= 11 is 0. The van der Waals surface area contributed by atoms with Crippen molar-refractivity contribution in [2.75, 3.05) is 0 Å². The van der Waals surface area contributed by atoms with Crippen molar-refractivity contribution in [3.05, 3.63) is 0 Å². The Labute approximate surface area is 104 Å². The Morgan fingerprint density at radius 3 is 2.47 bits per heavy atom. The molecule has 0 aromatic heterocycles. The average molecular weight is 242 g/mol. The lowest BCUT2D eigenvalue weighted by atomic mass is 9.84. The summed E-state index contributed by atoms with van der Waals surface area (Å²) in [7, 11) is 0. The van der Waals surface area contributed by atoms with E-state index < -0.39 is 18.1 Å². The molecule has 0 amide bonds. The average Bonchev–Trinajstić information content (AvgIpc) is 2.28. The van der Waals surface area contributed by atoms with Gasteiger partial charge in [0.05, 0.1) is 12.1 Å². The molecule has 0 bridgehead atoms. The Morgan fingerprint density at radius 2 is 1.94 bits per heavy atom. The number of ether oxygens (including phenoxy) is 1. The van der Waals surface area contributed by atoms with Crippen molar-refractivity contribution in [1.29, 1.82) is 0 Å². The molecule has 1 aliphatic carbocycles. The summed E-state index contributed by atoms with van der Waals surface area (Å²) in [6.07, 6.45) is 5.03. The van der Waals surface area contributed by atoms with Gasteiger partial charge in [-0.2, -0.15) is 0 Å². The predicted molar refractivity (Wildman–Crippen MR) is 65.3 cm³/mol. The number of carbonyl (C=O) groups excluding carboxylic acids is 1. The Balaban J connectivity index is 2.34. The highest BCUT2D eigenvalue weighted by Crippen LogP contribution is 2.27. The highest BCUT2D eigenvalue weighted by Gasteiger charge is 2.28. The van der Waals surface area contributed by atoms with Crippen LogP contribution in [0.5, 0.6) is 0 Å². The number of nitrogens with one attached hydrogen (secondary N) is 1. The van der Waals surface area contributed by atoms with Gasteiger partial charge in [-0.1, -0.05) is 32.1 Å². The van der Waals surface area contributed by atoms with Crippen LogP contribution in [0.2, 0.25) is 0 Å². The topological polar surface area (TPSA) is 70.3 Å². The fourth-order valence-corrected chi connectivity index (χ4v) is 2.38. The lowest BCUT2D eigenvalue weighted by molar-refractivity contribution is -0.158. The number of aliphatic hydroxyl groups is 1. The van der Waals surface area contributed by atoms with Gasteiger partial charge in [0, 0.05) is 0 Å². The molecule has 1 rings (SSSR count). The predicted octanol–water partition coefficient (Wildman–Crippen LogP) is 1.92. The molecule has 17 heavy (non-hydrogen) atoms. The molecule has 1 fully saturated rings. The number of esters is 1. The van der Waals surface area contributed by atoms with E-state index in [-0.39, 0.29) is 6.10 Å². The fourth-order valence-electron chi connectivity index (χ4n) is 2.38. The third-order valence-corrected chi connectivity index (χ3v) is 3.29. The van der Waals surface area contributed by atoms with Crippen molar-refractivity contribution in [3.8, 4) is 0 Å². The van der Waals surface area contributed by atoms with Gasteiger partial charge >= 0.3 is 5.97 Å². The molecule has 2 unspecified atom stereocenters. The molecule has 2 atom stereocenters. The van der Waals surface area contributed by atoms with E-state index >= 15 is 0 Å². The van der Waals surface area contributed by atoms with E-state index in [2.05, 4.69) is 0 Å². The van der Waals surface area contributed by atoms with Gasteiger partial charge in [0.15, 0.2) is 6.10 Å². The molecular weight excluding hydrogens is 218 g/mol. The molecule has 4 nitrogen and oxygen atoms in total. The van der Waals surface area contributed by atoms with Crippen molar-refractivity contribution in [2.24, 2.45) is 5.92 Å². The van der Waals surface area contributed by atoms with Crippen molar-refractivity contribution < 1.29 is 14.6 Å². The van der Waals surface area contributed by atoms with E-state index in [1.807, 2.05) is 0 Å². The minimum atomic E-state index is -1.29. The van der Waals surface area contributed by atoms with E-state index in [1.54, 1.807) is 13.8 Å². The van der Waals surface area contributed by atoms with Gasteiger partial charge in [-0.05, 0) is 26.2 Å². The minimum Gasteiger partial charge on any atom is -0.461 e. The lowest BCUT2D eigenvalue weighted by Gasteiger charge is -2.26. The summed E-state index contributed by atoms with van der Waals surface area (Å²) in [5, 5.41) is 9.70. The van der Waals surface area contributed by atoms with Crippen molar-refractivity contribution in [1.82, 2.24) is 5.73 Å². The minimum absolute atomic E-state index is 0.237. The van der Waals surface area contributed by atoms with Crippen LogP contribution in [-0.2, 0) is 9.53 Å². The summed E-state index contributed by atoms with van der Waals surface area (Å²) in [5.41, 5.74) is 7.84. The second-order valence-corrected chi connectivity index (χ2v) is 5.28. The van der Waals surface area contributed by atoms with Gasteiger partial charge in [-0.3, -0.25) is 5.73 Å². The van der Waals surface area contributed by atoms with E-state index in [9.17, 15) is 9.90 Å². The maximum atomic E-state index is 11.4. The number of carbonyl (C=O) groups is 1. The quantitative estimate of drug-likeness (QED) is 0.749. The molecule has 0 aromatic rings. The zero-order chi connectivity index (χ0) is 12.8. The molecule has 2 N–H and O–H groups in total. The lowest BCUT2D eigenvalue weighted by Crippen LogP contribution is -2.38. The molecule has 0 aliphatic heterocycles. The van der Waals surface area contributed by atoms with Crippen LogP contribution in [0.15, 0.2) is 0 Å². The summed E-state index contributed by atoms with van der Waals surface area (Å²) in [6, 6.07) is -0.746. The van der Waals surface area contributed by atoms with Gasteiger partial charge in [0.25, 0.3) is 0 Å². The van der Waals surface area contributed by atoms with Crippen LogP contribution in [0.3, 0.4) is 0 Å². The van der Waals surface area contributed by atoms with Crippen LogP contribution in [0.1, 0.15) is 52.4 Å². The molecule has 0 aromatic carbocycles. The third-order valence-electron chi connectivity index (χ3n) is 3.29. The van der Waals surface area contributed by atoms with Crippen LogP contribution in [0, 0.1) is 5.92 Å². The largest absolute Gasteiger partial charge is 0.461 e. The molecule has 99 valence electrons. The molecule has 1 radical (unpaired) electrons. The fraction of sp³-hybridized carbons (Fsp3) is 0.923. The summed E-state index contributed by atoms with van der Waals surface area (Å²) in [4.78, 5) is 11.4. The van der Waals surface area contributed by atoms with E-state index in [4.69, 9.17) is 10.5 Å². The summed E-state index contributed by atoms with van der Waals surface area (Å²) in [6.45, 7) is 3.48. The first-order valence-electron chi connectivity index (χ1n) is 6.60. The van der Waals surface area contributed by atoms with Gasteiger partial charge < -0.3 is 9.84 Å². The Bertz CT molecular complexity index is 237. The SMILES string of the molecule is CC(C)OC(=O)C(O)C([NH])CC1CCCCC1. The number of hydrogen-bond acceptors (Lipinski definition) is 3. The van der Waals surface area contributed by atoms with Gasteiger partial charge in [0.2, 0.25) is 0 Å². The first-order valence-corrected chi connectivity index (χ1v) is 6.60. The van der Waals surface area contributed by atoms with Crippen LogP contribution >= 0.6 is 0 Å². The second-order valence-electron chi connectivity index (χ2n) is 5.28. The van der Waals surface area contributed by atoms with Gasteiger partial charge in [0.1, 0.15) is 0 Å². The zero-order valence-corrected chi connectivity index (χ0v) is 10.8. The molecule has 4 heteroatoms. The first kappa shape index (κ1) is 14.5. The molecular formula is C13H24NO3. The van der Waals surface area contributed by atoms with Crippen LogP contribution in [0.25, 0.3) is 0 Å². The standard InChI is InChI=1S/C13H24NO3/c1-9(2)17-13(16)12(15)11(14)8-10-6-4-3-5-7-10/h9-12,14-15H,3-8H2,1-2H3. The molecule has 0 spiro atoms. The van der Waals surface area contributed by atoms with Crippen LogP contribution in [-0.4, -0.2) is 29.3 Å². The molecule has 0 saturated heterocycles. The van der Waals surface area contributed by atoms with Crippen molar-refractivity contribution in [2.45, 2.75) is 70.6 Å². The van der Waals surface area contributed by atoms with Crippen molar-refractivity contribution >= 4 is 5.97 Å². The maximum Gasteiger partial charge on any atom is 0.336 e. The second kappa shape index (κ2) is 6.97. The van der Waals surface area contributed by atoms with E-state index in [0.29, 0.717) is 12.3 Å². The maximum absolute atomic E-state index is 11.4. The number of rotatable bonds is 5. The summed E-state index contributed by atoms with van der Waals surface area (Å²) < 4.78 is 4.91. The number of aliphatic hydroxyl groups excluding tert-OH is 1. The smallest absolute Gasteiger partial charge is 0.336 e. The summed E-state index contributed by atoms with van der Waals surface area (Å²) in [5.74, 6) is -0.163. The molecule has 1 saturated carbocycles. The van der Waals surface area contributed by atoms with Crippen LogP contribution in [0.4, 0.5) is 0 Å². The number of hydrogen-bond donors (Lipinski definition) is 1. The molecule has 0 heterocycles. The third kappa shape index (κ3) is 5.04. The van der Waals surface area contributed by atoms with Gasteiger partial charge in [-0.25, -0.2) is 4.79 Å². The Morgan fingerprint density at radius 1 is 1.35 bits per heavy atom. The van der Waals surface area contributed by atoms with E-state index in [1.165, 1.54) is 19.3 Å². The van der Waals surface area contributed by atoms with Gasteiger partial charge in [-0.15, -0.1) is 0 Å². The van der Waals surface area contributed by atoms with E-state index in [0.717, 1.165) is 12.8 Å². The normalized spacial score (nSPS) is 21.2. The van der Waals surface area contributed by atoms with Crippen molar-refractivity contribution in [3.63, 3.8) is 0 Å². The highest BCUT2D eigenvalue weighted by atomic mass is 16.6. The monoisotopic (exact) mass is 242 g/mol. The first-order chi connectivity index (χ1) is 8.00.